The summed E-state index contributed by atoms with van der Waals surface area (Å²) in [6.07, 6.45) is 4.44. The van der Waals surface area contributed by atoms with Crippen LogP contribution in [0.2, 0.25) is 0 Å². The van der Waals surface area contributed by atoms with Crippen LogP contribution >= 0.6 is 11.8 Å². The van der Waals surface area contributed by atoms with Crippen LogP contribution in [-0.4, -0.2) is 46.1 Å². The molecule has 3 rings (SSSR count). The molecular formula is C17H17N5O3S2. The van der Waals surface area contributed by atoms with Gasteiger partial charge in [0, 0.05) is 31.3 Å². The molecule has 1 N–H and O–H groups in total. The Hall–Kier alpha value is -2.72. The Bertz CT molecular complexity index is 1070. The molecule has 1 amide bonds. The highest BCUT2D eigenvalue weighted by Gasteiger charge is 2.16. The topological polar surface area (TPSA) is 107 Å². The number of aromatic nitrogens is 4. The second-order valence-electron chi connectivity index (χ2n) is 5.71. The first-order valence-electron chi connectivity index (χ1n) is 7.88. The zero-order chi connectivity index (χ0) is 19.4. The molecule has 0 aliphatic heterocycles. The van der Waals surface area contributed by atoms with Crippen molar-refractivity contribution in [2.24, 2.45) is 7.05 Å². The fraction of sp³-hybridized carbons (Fsp3) is 0.176. The summed E-state index contributed by atoms with van der Waals surface area (Å²) in [4.78, 5) is 16.3. The number of carbonyl (C=O) groups excluding carboxylic acids is 1. The molecule has 0 spiro atoms. The third-order valence-electron chi connectivity index (χ3n) is 3.67. The number of carbonyl (C=O) groups is 1. The molecule has 3 aromatic rings. The van der Waals surface area contributed by atoms with Crippen LogP contribution in [0.4, 0.5) is 5.69 Å². The summed E-state index contributed by atoms with van der Waals surface area (Å²) in [6.45, 7) is 0. The van der Waals surface area contributed by atoms with E-state index in [1.807, 2.05) is 19.2 Å². The molecule has 8 nitrogen and oxygen atoms in total. The number of para-hydroxylation sites is 1. The van der Waals surface area contributed by atoms with E-state index in [4.69, 9.17) is 0 Å². The number of rotatable bonds is 6. The third-order valence-corrected chi connectivity index (χ3v) is 5.84. The van der Waals surface area contributed by atoms with Gasteiger partial charge in [-0.15, -0.1) is 10.2 Å². The van der Waals surface area contributed by atoms with Crippen molar-refractivity contribution in [3.05, 3.63) is 48.8 Å². The van der Waals surface area contributed by atoms with Crippen molar-refractivity contribution in [3.8, 4) is 11.4 Å². The van der Waals surface area contributed by atoms with E-state index < -0.39 is 9.84 Å². The Morgan fingerprint density at radius 1 is 1.15 bits per heavy atom. The Morgan fingerprint density at radius 2 is 1.85 bits per heavy atom. The summed E-state index contributed by atoms with van der Waals surface area (Å²) in [6, 6.07) is 9.95. The van der Waals surface area contributed by atoms with Crippen LogP contribution in [0.15, 0.2) is 58.8 Å². The van der Waals surface area contributed by atoms with Gasteiger partial charge in [0.05, 0.1) is 16.3 Å². The van der Waals surface area contributed by atoms with E-state index in [9.17, 15) is 13.2 Å². The molecule has 1 aromatic carbocycles. The predicted molar refractivity (Wildman–Crippen MR) is 103 cm³/mol. The molecule has 0 bridgehead atoms. The maximum Gasteiger partial charge on any atom is 0.234 e. The average molecular weight is 403 g/mol. The SMILES string of the molecule is Cn1c(SCC(=O)Nc2ccccc2S(C)(=O)=O)nnc1-c1ccncc1. The lowest BCUT2D eigenvalue weighted by molar-refractivity contribution is -0.113. The van der Waals surface area contributed by atoms with Crippen molar-refractivity contribution in [1.29, 1.82) is 0 Å². The molecule has 0 unspecified atom stereocenters. The van der Waals surface area contributed by atoms with Crippen LogP contribution in [0.1, 0.15) is 0 Å². The molecule has 0 aliphatic carbocycles. The van der Waals surface area contributed by atoms with Gasteiger partial charge in [0.2, 0.25) is 5.91 Å². The zero-order valence-electron chi connectivity index (χ0n) is 14.7. The number of nitrogens with one attached hydrogen (secondary N) is 1. The highest BCUT2D eigenvalue weighted by molar-refractivity contribution is 7.99. The molecule has 0 radical (unpaired) electrons. The van der Waals surface area contributed by atoms with E-state index >= 15 is 0 Å². The van der Waals surface area contributed by atoms with Crippen molar-refractivity contribution in [2.75, 3.05) is 17.3 Å². The van der Waals surface area contributed by atoms with Crippen molar-refractivity contribution in [1.82, 2.24) is 19.7 Å². The average Bonchev–Trinajstić information content (AvgIpc) is 3.01. The summed E-state index contributed by atoms with van der Waals surface area (Å²) in [5.74, 6) is 0.410. The Balaban J connectivity index is 1.69. The zero-order valence-corrected chi connectivity index (χ0v) is 16.3. The lowest BCUT2D eigenvalue weighted by atomic mass is 10.2. The molecule has 2 heterocycles. The first-order valence-corrected chi connectivity index (χ1v) is 10.8. The van der Waals surface area contributed by atoms with Gasteiger partial charge < -0.3 is 9.88 Å². The standard InChI is InChI=1S/C17H17N5O3S2/c1-22-16(12-7-9-18-10-8-12)20-21-17(22)26-11-15(23)19-13-5-3-4-6-14(13)27(2,24)25/h3-10H,11H2,1-2H3,(H,19,23). The number of hydrogen-bond acceptors (Lipinski definition) is 7. The molecule has 10 heteroatoms. The first kappa shape index (κ1) is 19.1. The van der Waals surface area contributed by atoms with Crippen molar-refractivity contribution in [2.45, 2.75) is 10.1 Å². The van der Waals surface area contributed by atoms with Gasteiger partial charge in [-0.05, 0) is 24.3 Å². The molecule has 0 atom stereocenters. The minimum atomic E-state index is -3.43. The molecule has 0 fully saturated rings. The minimum Gasteiger partial charge on any atom is -0.324 e. The maximum atomic E-state index is 12.3. The second-order valence-corrected chi connectivity index (χ2v) is 8.63. The Kier molecular flexibility index (Phi) is 5.57. The summed E-state index contributed by atoms with van der Waals surface area (Å²) < 4.78 is 25.4. The number of anilines is 1. The van der Waals surface area contributed by atoms with Crippen molar-refractivity contribution >= 4 is 33.2 Å². The van der Waals surface area contributed by atoms with Crippen molar-refractivity contribution in [3.63, 3.8) is 0 Å². The van der Waals surface area contributed by atoms with E-state index in [1.54, 1.807) is 35.2 Å². The molecular weight excluding hydrogens is 386 g/mol. The molecule has 0 aliphatic rings. The number of hydrogen-bond donors (Lipinski definition) is 1. The quantitative estimate of drug-likeness (QED) is 0.627. The normalized spacial score (nSPS) is 11.3. The summed E-state index contributed by atoms with van der Waals surface area (Å²) in [5.41, 5.74) is 1.14. The lowest BCUT2D eigenvalue weighted by Crippen LogP contribution is -2.16. The number of benzene rings is 1. The van der Waals surface area contributed by atoms with E-state index in [1.165, 1.54) is 17.8 Å². The Morgan fingerprint density at radius 3 is 2.56 bits per heavy atom. The minimum absolute atomic E-state index is 0.0699. The molecule has 27 heavy (non-hydrogen) atoms. The van der Waals surface area contributed by atoms with Crippen LogP contribution in [0, 0.1) is 0 Å². The maximum absolute atomic E-state index is 12.3. The summed E-state index contributed by atoms with van der Waals surface area (Å²) >= 11 is 1.22. The summed E-state index contributed by atoms with van der Waals surface area (Å²) in [5, 5.41) is 11.5. The van der Waals surface area contributed by atoms with Gasteiger partial charge in [0.25, 0.3) is 0 Å². The molecule has 0 saturated carbocycles. The van der Waals surface area contributed by atoms with Gasteiger partial charge in [0.1, 0.15) is 0 Å². The smallest absolute Gasteiger partial charge is 0.234 e. The number of pyridine rings is 1. The fourth-order valence-electron chi connectivity index (χ4n) is 2.40. The molecule has 140 valence electrons. The number of nitrogens with zero attached hydrogens (tertiary/aromatic N) is 4. The summed E-state index contributed by atoms with van der Waals surface area (Å²) in [7, 11) is -1.62. The van der Waals surface area contributed by atoms with Crippen molar-refractivity contribution < 1.29 is 13.2 Å². The number of thioether (sulfide) groups is 1. The second kappa shape index (κ2) is 7.89. The number of amides is 1. The van der Waals surface area contributed by atoms with Gasteiger partial charge in [0.15, 0.2) is 20.8 Å². The van der Waals surface area contributed by atoms with E-state index in [2.05, 4.69) is 20.5 Å². The van der Waals surface area contributed by atoms with E-state index in [0.717, 1.165) is 11.8 Å². The highest BCUT2D eigenvalue weighted by Crippen LogP contribution is 2.24. The molecule has 0 saturated heterocycles. The largest absolute Gasteiger partial charge is 0.324 e. The number of sulfone groups is 1. The van der Waals surface area contributed by atoms with Gasteiger partial charge >= 0.3 is 0 Å². The molecule has 2 aromatic heterocycles. The van der Waals surface area contributed by atoms with Crippen LogP contribution in [-0.2, 0) is 21.7 Å². The van der Waals surface area contributed by atoms with Crippen LogP contribution in [0.5, 0.6) is 0 Å². The van der Waals surface area contributed by atoms with Crippen LogP contribution in [0.25, 0.3) is 11.4 Å². The van der Waals surface area contributed by atoms with E-state index in [-0.39, 0.29) is 22.2 Å². The fourth-order valence-corrected chi connectivity index (χ4v) is 3.96. The highest BCUT2D eigenvalue weighted by atomic mass is 32.2. The monoisotopic (exact) mass is 403 g/mol. The van der Waals surface area contributed by atoms with Gasteiger partial charge in [-0.2, -0.15) is 0 Å². The van der Waals surface area contributed by atoms with Crippen LogP contribution < -0.4 is 5.32 Å². The van der Waals surface area contributed by atoms with Crippen LogP contribution in [0.3, 0.4) is 0 Å². The van der Waals surface area contributed by atoms with Gasteiger partial charge in [-0.3, -0.25) is 9.78 Å². The first-order chi connectivity index (χ1) is 12.9. The predicted octanol–water partition coefficient (Wildman–Crippen LogP) is 2.01. The Labute approximate surface area is 161 Å². The van der Waals surface area contributed by atoms with Gasteiger partial charge in [-0.1, -0.05) is 23.9 Å². The third kappa shape index (κ3) is 4.52. The van der Waals surface area contributed by atoms with E-state index in [0.29, 0.717) is 11.0 Å². The van der Waals surface area contributed by atoms with Gasteiger partial charge in [-0.25, -0.2) is 8.42 Å². The lowest BCUT2D eigenvalue weighted by Gasteiger charge is -2.09.